The number of aryl methyl sites for hydroxylation is 2. The normalized spacial score (nSPS) is 16.7. The number of nitrogens with zero attached hydrogens (tertiary/aromatic N) is 1. The Kier molecular flexibility index (Phi) is 7.44. The molecule has 0 radical (unpaired) electrons. The summed E-state index contributed by atoms with van der Waals surface area (Å²) in [6.07, 6.45) is 1.04. The first kappa shape index (κ1) is 23.8. The van der Waals surface area contributed by atoms with Crippen LogP contribution in [0.15, 0.2) is 45.8 Å². The maximum atomic E-state index is 12.8. The fourth-order valence-electron chi connectivity index (χ4n) is 3.64. The number of piperidine rings is 1. The SMILES string of the molecule is Cc1cc(Br)cc(C)c1OC(C)C(=O)Nc1ccc(S(=O)(=O)N2CCC(C)CC2)cc1. The highest BCUT2D eigenvalue weighted by Crippen LogP contribution is 2.28. The fourth-order valence-corrected chi connectivity index (χ4v) is 5.80. The van der Waals surface area contributed by atoms with Crippen molar-refractivity contribution in [3.05, 3.63) is 52.0 Å². The highest BCUT2D eigenvalue weighted by molar-refractivity contribution is 9.10. The van der Waals surface area contributed by atoms with E-state index >= 15 is 0 Å². The molecule has 3 rings (SSSR count). The van der Waals surface area contributed by atoms with Crippen LogP contribution in [0, 0.1) is 19.8 Å². The number of carbonyl (C=O) groups is 1. The minimum Gasteiger partial charge on any atom is -0.480 e. The smallest absolute Gasteiger partial charge is 0.265 e. The Hall–Kier alpha value is -1.90. The van der Waals surface area contributed by atoms with E-state index in [1.54, 1.807) is 23.4 Å². The van der Waals surface area contributed by atoms with Crippen molar-refractivity contribution < 1.29 is 17.9 Å². The molecule has 1 aliphatic heterocycles. The second kappa shape index (κ2) is 9.71. The van der Waals surface area contributed by atoms with Gasteiger partial charge in [-0.1, -0.05) is 22.9 Å². The number of hydrogen-bond acceptors (Lipinski definition) is 4. The van der Waals surface area contributed by atoms with Gasteiger partial charge in [-0.15, -0.1) is 0 Å². The van der Waals surface area contributed by atoms with Gasteiger partial charge in [0.2, 0.25) is 10.0 Å². The van der Waals surface area contributed by atoms with Crippen molar-refractivity contribution in [1.29, 1.82) is 0 Å². The molecule has 1 N–H and O–H groups in total. The molecule has 0 aliphatic carbocycles. The lowest BCUT2D eigenvalue weighted by Crippen LogP contribution is -2.37. The number of benzene rings is 2. The predicted molar refractivity (Wildman–Crippen MR) is 126 cm³/mol. The summed E-state index contributed by atoms with van der Waals surface area (Å²) >= 11 is 3.45. The molecule has 168 valence electrons. The van der Waals surface area contributed by atoms with E-state index in [2.05, 4.69) is 28.2 Å². The number of halogens is 1. The third kappa shape index (κ3) is 5.67. The third-order valence-corrected chi connectivity index (χ3v) is 7.96. The lowest BCUT2D eigenvalue weighted by atomic mass is 10.0. The molecular formula is C23H29BrN2O4S. The zero-order chi connectivity index (χ0) is 22.8. The topological polar surface area (TPSA) is 75.7 Å². The zero-order valence-electron chi connectivity index (χ0n) is 18.3. The molecule has 0 spiro atoms. The van der Waals surface area contributed by atoms with E-state index in [1.807, 2.05) is 26.0 Å². The van der Waals surface area contributed by atoms with Gasteiger partial charge in [0, 0.05) is 23.2 Å². The molecule has 1 unspecified atom stereocenters. The number of anilines is 1. The lowest BCUT2D eigenvalue weighted by molar-refractivity contribution is -0.122. The van der Waals surface area contributed by atoms with Crippen LogP contribution in [0.3, 0.4) is 0 Å². The Morgan fingerprint density at radius 3 is 2.23 bits per heavy atom. The number of hydrogen-bond donors (Lipinski definition) is 1. The van der Waals surface area contributed by atoms with Crippen LogP contribution >= 0.6 is 15.9 Å². The van der Waals surface area contributed by atoms with Crippen LogP contribution in [0.25, 0.3) is 0 Å². The fraction of sp³-hybridized carbons (Fsp3) is 0.435. The molecule has 1 saturated heterocycles. The second-order valence-electron chi connectivity index (χ2n) is 8.23. The zero-order valence-corrected chi connectivity index (χ0v) is 20.7. The monoisotopic (exact) mass is 508 g/mol. The van der Waals surface area contributed by atoms with Crippen molar-refractivity contribution in [1.82, 2.24) is 4.31 Å². The summed E-state index contributed by atoms with van der Waals surface area (Å²) in [4.78, 5) is 12.8. The molecule has 1 heterocycles. The molecule has 0 bridgehead atoms. The minimum atomic E-state index is -3.51. The Morgan fingerprint density at radius 1 is 1.13 bits per heavy atom. The Balaban J connectivity index is 1.65. The number of ether oxygens (including phenoxy) is 1. The summed E-state index contributed by atoms with van der Waals surface area (Å²) in [6.45, 7) is 8.79. The van der Waals surface area contributed by atoms with Crippen LogP contribution in [-0.4, -0.2) is 37.8 Å². The number of rotatable bonds is 6. The highest BCUT2D eigenvalue weighted by atomic mass is 79.9. The molecule has 1 amide bonds. The summed E-state index contributed by atoms with van der Waals surface area (Å²) in [5, 5.41) is 2.79. The van der Waals surface area contributed by atoms with E-state index in [0.29, 0.717) is 30.4 Å². The van der Waals surface area contributed by atoms with Crippen molar-refractivity contribution in [3.8, 4) is 5.75 Å². The second-order valence-corrected chi connectivity index (χ2v) is 11.1. The molecule has 1 aliphatic rings. The van der Waals surface area contributed by atoms with Gasteiger partial charge in [0.05, 0.1) is 4.90 Å². The number of nitrogens with one attached hydrogen (secondary N) is 1. The number of amides is 1. The van der Waals surface area contributed by atoms with E-state index in [0.717, 1.165) is 28.4 Å². The largest absolute Gasteiger partial charge is 0.480 e. The predicted octanol–water partition coefficient (Wildman–Crippen LogP) is 4.89. The molecule has 1 atom stereocenters. The van der Waals surface area contributed by atoms with E-state index in [4.69, 9.17) is 4.74 Å². The van der Waals surface area contributed by atoms with Gasteiger partial charge in [0.1, 0.15) is 5.75 Å². The quantitative estimate of drug-likeness (QED) is 0.602. The molecule has 0 aromatic heterocycles. The number of carbonyl (C=O) groups excluding carboxylic acids is 1. The minimum absolute atomic E-state index is 0.241. The van der Waals surface area contributed by atoms with E-state index in [-0.39, 0.29) is 10.8 Å². The van der Waals surface area contributed by atoms with Crippen LogP contribution in [0.2, 0.25) is 0 Å². The Morgan fingerprint density at radius 2 is 1.68 bits per heavy atom. The van der Waals surface area contributed by atoms with E-state index in [1.165, 1.54) is 12.1 Å². The first-order valence-corrected chi connectivity index (χ1v) is 12.7. The third-order valence-electron chi connectivity index (χ3n) is 5.59. The molecular weight excluding hydrogens is 480 g/mol. The van der Waals surface area contributed by atoms with Crippen molar-refractivity contribution in [2.45, 2.75) is 51.5 Å². The van der Waals surface area contributed by atoms with Crippen LogP contribution in [0.5, 0.6) is 5.75 Å². The summed E-state index contributed by atoms with van der Waals surface area (Å²) in [5.74, 6) is 0.934. The lowest BCUT2D eigenvalue weighted by Gasteiger charge is -2.29. The Labute approximate surface area is 193 Å². The van der Waals surface area contributed by atoms with Gasteiger partial charge in [0.15, 0.2) is 6.10 Å². The van der Waals surface area contributed by atoms with E-state index in [9.17, 15) is 13.2 Å². The van der Waals surface area contributed by atoms with Gasteiger partial charge in [0.25, 0.3) is 5.91 Å². The molecule has 0 saturated carbocycles. The van der Waals surface area contributed by atoms with Crippen molar-refractivity contribution in [3.63, 3.8) is 0 Å². The first-order valence-electron chi connectivity index (χ1n) is 10.4. The van der Waals surface area contributed by atoms with Crippen molar-refractivity contribution in [2.75, 3.05) is 18.4 Å². The Bertz CT molecular complexity index is 1020. The van der Waals surface area contributed by atoms with Gasteiger partial charge >= 0.3 is 0 Å². The number of sulfonamides is 1. The summed E-state index contributed by atoms with van der Waals surface area (Å²) < 4.78 is 34.1. The van der Waals surface area contributed by atoms with Crippen LogP contribution in [0.1, 0.15) is 37.8 Å². The maximum absolute atomic E-state index is 12.8. The van der Waals surface area contributed by atoms with E-state index < -0.39 is 16.1 Å². The summed E-state index contributed by atoms with van der Waals surface area (Å²) in [7, 11) is -3.51. The van der Waals surface area contributed by atoms with Gasteiger partial charge < -0.3 is 10.1 Å². The summed E-state index contributed by atoms with van der Waals surface area (Å²) in [6, 6.07) is 10.2. The average Bonchev–Trinajstić information content (AvgIpc) is 2.71. The maximum Gasteiger partial charge on any atom is 0.265 e. The van der Waals surface area contributed by atoms with Crippen LogP contribution < -0.4 is 10.1 Å². The van der Waals surface area contributed by atoms with Crippen molar-refractivity contribution in [2.24, 2.45) is 5.92 Å². The van der Waals surface area contributed by atoms with Gasteiger partial charge in [-0.25, -0.2) is 8.42 Å². The first-order chi connectivity index (χ1) is 14.6. The van der Waals surface area contributed by atoms with Crippen LogP contribution in [-0.2, 0) is 14.8 Å². The molecule has 6 nitrogen and oxygen atoms in total. The molecule has 2 aromatic carbocycles. The average molecular weight is 509 g/mol. The molecule has 2 aromatic rings. The van der Waals surface area contributed by atoms with Crippen LogP contribution in [0.4, 0.5) is 5.69 Å². The van der Waals surface area contributed by atoms with Gasteiger partial charge in [-0.3, -0.25) is 4.79 Å². The van der Waals surface area contributed by atoms with Gasteiger partial charge in [-0.2, -0.15) is 4.31 Å². The van der Waals surface area contributed by atoms with Gasteiger partial charge in [-0.05, 0) is 87.1 Å². The molecule has 31 heavy (non-hydrogen) atoms. The summed E-state index contributed by atoms with van der Waals surface area (Å²) in [5.41, 5.74) is 2.40. The van der Waals surface area contributed by atoms with Crippen molar-refractivity contribution >= 4 is 37.5 Å². The highest BCUT2D eigenvalue weighted by Gasteiger charge is 2.28. The standard InChI is InChI=1S/C23H29BrN2O4S/c1-15-9-11-26(12-10-15)31(28,29)21-7-5-20(6-8-21)25-23(27)18(4)30-22-16(2)13-19(24)14-17(22)3/h5-8,13-15,18H,9-12H2,1-4H3,(H,25,27). The molecule has 1 fully saturated rings. The molecule has 8 heteroatoms.